The summed E-state index contributed by atoms with van der Waals surface area (Å²) in [6.45, 7) is 0. The van der Waals surface area contributed by atoms with Gasteiger partial charge in [0.2, 0.25) is 0 Å². The molecule has 64 valence electrons. The van der Waals surface area contributed by atoms with Crippen molar-refractivity contribution in [1.82, 2.24) is 4.98 Å². The molecule has 0 spiro atoms. The Morgan fingerprint density at radius 1 is 1.00 bits per heavy atom. The van der Waals surface area contributed by atoms with Crippen LogP contribution in [0.25, 0.3) is 10.9 Å². The third-order valence-electron chi connectivity index (χ3n) is 2.71. The van der Waals surface area contributed by atoms with Gasteiger partial charge in [-0.2, -0.15) is 0 Å². The molecule has 0 unspecified atom stereocenters. The predicted octanol–water partition coefficient (Wildman–Crippen LogP) is 2.82. The summed E-state index contributed by atoms with van der Waals surface area (Å²) < 4.78 is 0. The highest BCUT2D eigenvalue weighted by Crippen LogP contribution is 2.25. The van der Waals surface area contributed by atoms with Gasteiger partial charge in [0.05, 0.1) is 0 Å². The molecule has 0 radical (unpaired) electrons. The van der Waals surface area contributed by atoms with Gasteiger partial charge in [0.25, 0.3) is 0 Å². The van der Waals surface area contributed by atoms with Crippen molar-refractivity contribution in [3.8, 4) is 0 Å². The van der Waals surface area contributed by atoms with Crippen molar-refractivity contribution < 1.29 is 0 Å². The molecule has 1 heterocycles. The van der Waals surface area contributed by atoms with E-state index < -0.39 is 0 Å². The summed E-state index contributed by atoms with van der Waals surface area (Å²) in [4.78, 5) is 3.46. The van der Waals surface area contributed by atoms with Crippen molar-refractivity contribution in [3.05, 3.63) is 47.7 Å². The number of rotatable bonds is 0. The summed E-state index contributed by atoms with van der Waals surface area (Å²) in [5.41, 5.74) is 4.15. The second kappa shape index (κ2) is 2.49. The zero-order valence-electron chi connectivity index (χ0n) is 7.38. The minimum absolute atomic E-state index is 1.06. The fourth-order valence-corrected chi connectivity index (χ4v) is 2.07. The zero-order chi connectivity index (χ0) is 8.67. The third kappa shape index (κ3) is 0.934. The molecule has 1 aliphatic rings. The number of hydrogen-bond acceptors (Lipinski definition) is 0. The molecule has 0 saturated heterocycles. The number of allylic oxidation sites excluding steroid dienone is 2. The molecule has 1 aliphatic carbocycles. The standard InChI is InChI=1S/C12H11N/c1-3-7-11-9(5-1)10-6-2-4-8-12(10)13-11/h1-5,7,13H,6,8H2. The monoisotopic (exact) mass is 169 g/mol. The number of aromatic nitrogens is 1. The first-order chi connectivity index (χ1) is 6.45. The molecule has 0 amide bonds. The summed E-state index contributed by atoms with van der Waals surface area (Å²) in [6.07, 6.45) is 6.63. The van der Waals surface area contributed by atoms with Crippen molar-refractivity contribution in [2.24, 2.45) is 0 Å². The maximum absolute atomic E-state index is 3.46. The first-order valence-electron chi connectivity index (χ1n) is 4.68. The highest BCUT2D eigenvalue weighted by atomic mass is 14.7. The van der Waals surface area contributed by atoms with Crippen LogP contribution in [0.3, 0.4) is 0 Å². The number of nitrogens with one attached hydrogen (secondary N) is 1. The lowest BCUT2D eigenvalue weighted by Gasteiger charge is -2.03. The van der Waals surface area contributed by atoms with Crippen LogP contribution in [0.5, 0.6) is 0 Å². The van der Waals surface area contributed by atoms with Crippen molar-refractivity contribution in [3.63, 3.8) is 0 Å². The minimum atomic E-state index is 1.06. The number of para-hydroxylation sites is 1. The van der Waals surface area contributed by atoms with Crippen LogP contribution in [0.1, 0.15) is 11.3 Å². The van der Waals surface area contributed by atoms with Crippen LogP contribution in [-0.4, -0.2) is 4.98 Å². The Kier molecular flexibility index (Phi) is 1.33. The van der Waals surface area contributed by atoms with Crippen molar-refractivity contribution in [2.45, 2.75) is 12.8 Å². The van der Waals surface area contributed by atoms with E-state index in [0.717, 1.165) is 12.8 Å². The van der Waals surface area contributed by atoms with Gasteiger partial charge in [-0.05, 0) is 18.1 Å². The third-order valence-corrected chi connectivity index (χ3v) is 2.71. The number of aromatic amines is 1. The summed E-state index contributed by atoms with van der Waals surface area (Å²) in [5.74, 6) is 0. The molecule has 3 rings (SSSR count). The lowest BCUT2D eigenvalue weighted by molar-refractivity contribution is 1.06. The van der Waals surface area contributed by atoms with Gasteiger partial charge in [-0.1, -0.05) is 30.4 Å². The lowest BCUT2D eigenvalue weighted by Crippen LogP contribution is -1.93. The molecular formula is C12H11N. The van der Waals surface area contributed by atoms with Crippen LogP contribution in [0.2, 0.25) is 0 Å². The van der Waals surface area contributed by atoms with Crippen LogP contribution in [-0.2, 0) is 12.8 Å². The molecule has 0 atom stereocenters. The molecule has 1 nitrogen and oxygen atoms in total. The molecule has 1 N–H and O–H groups in total. The maximum Gasteiger partial charge on any atom is 0.0459 e. The maximum atomic E-state index is 3.46. The van der Waals surface area contributed by atoms with Crippen LogP contribution in [0, 0.1) is 0 Å². The quantitative estimate of drug-likeness (QED) is 0.584. The molecule has 0 fully saturated rings. The average Bonchev–Trinajstić information content (AvgIpc) is 2.56. The van der Waals surface area contributed by atoms with Gasteiger partial charge < -0.3 is 4.98 Å². The van der Waals surface area contributed by atoms with Gasteiger partial charge in [-0.25, -0.2) is 0 Å². The number of hydrogen-bond donors (Lipinski definition) is 1. The van der Waals surface area contributed by atoms with Crippen LogP contribution in [0.4, 0.5) is 0 Å². The SMILES string of the molecule is C1=CCc2c([nH]c3ccccc23)C1. The topological polar surface area (TPSA) is 15.8 Å². The summed E-state index contributed by atoms with van der Waals surface area (Å²) in [6, 6.07) is 8.53. The van der Waals surface area contributed by atoms with Crippen LogP contribution in [0.15, 0.2) is 36.4 Å². The molecular weight excluding hydrogens is 158 g/mol. The minimum Gasteiger partial charge on any atom is -0.358 e. The van der Waals surface area contributed by atoms with E-state index in [1.807, 2.05) is 0 Å². The first kappa shape index (κ1) is 6.96. The Hall–Kier alpha value is -1.50. The van der Waals surface area contributed by atoms with Gasteiger partial charge in [-0.3, -0.25) is 0 Å². The molecule has 0 bridgehead atoms. The largest absolute Gasteiger partial charge is 0.358 e. The summed E-state index contributed by atoms with van der Waals surface area (Å²) >= 11 is 0. The normalized spacial score (nSPS) is 14.8. The number of fused-ring (bicyclic) bond motifs is 3. The summed E-state index contributed by atoms with van der Waals surface area (Å²) in [5, 5.41) is 1.39. The second-order valence-corrected chi connectivity index (χ2v) is 3.51. The van der Waals surface area contributed by atoms with Crippen LogP contribution < -0.4 is 0 Å². The van der Waals surface area contributed by atoms with Gasteiger partial charge in [-0.15, -0.1) is 0 Å². The van der Waals surface area contributed by atoms with E-state index in [9.17, 15) is 0 Å². The highest BCUT2D eigenvalue weighted by Gasteiger charge is 2.10. The number of H-pyrrole nitrogens is 1. The van der Waals surface area contributed by atoms with Gasteiger partial charge in [0.15, 0.2) is 0 Å². The van der Waals surface area contributed by atoms with Crippen molar-refractivity contribution in [1.29, 1.82) is 0 Å². The Bertz CT molecular complexity index is 477. The van der Waals surface area contributed by atoms with E-state index in [4.69, 9.17) is 0 Å². The smallest absolute Gasteiger partial charge is 0.0459 e. The Balaban J connectivity index is 2.37. The molecule has 0 aliphatic heterocycles. The van der Waals surface area contributed by atoms with Gasteiger partial charge >= 0.3 is 0 Å². The predicted molar refractivity (Wildman–Crippen MR) is 54.8 cm³/mol. The fourth-order valence-electron chi connectivity index (χ4n) is 2.07. The van der Waals surface area contributed by atoms with Crippen LogP contribution >= 0.6 is 0 Å². The molecule has 0 saturated carbocycles. The van der Waals surface area contributed by atoms with Gasteiger partial charge in [0.1, 0.15) is 0 Å². The fraction of sp³-hybridized carbons (Fsp3) is 0.167. The number of benzene rings is 1. The Morgan fingerprint density at radius 2 is 1.85 bits per heavy atom. The highest BCUT2D eigenvalue weighted by molar-refractivity contribution is 5.85. The summed E-state index contributed by atoms with van der Waals surface area (Å²) in [7, 11) is 0. The molecule has 1 aromatic carbocycles. The van der Waals surface area contributed by atoms with Crippen molar-refractivity contribution >= 4 is 10.9 Å². The Morgan fingerprint density at radius 3 is 2.85 bits per heavy atom. The molecule has 13 heavy (non-hydrogen) atoms. The van der Waals surface area contributed by atoms with E-state index in [-0.39, 0.29) is 0 Å². The van der Waals surface area contributed by atoms with E-state index in [2.05, 4.69) is 41.4 Å². The van der Waals surface area contributed by atoms with E-state index in [0.29, 0.717) is 0 Å². The second-order valence-electron chi connectivity index (χ2n) is 3.51. The van der Waals surface area contributed by atoms with Gasteiger partial charge in [0, 0.05) is 23.0 Å². The molecule has 2 aromatic rings. The molecule has 1 heteroatoms. The first-order valence-corrected chi connectivity index (χ1v) is 4.68. The van der Waals surface area contributed by atoms with E-state index in [1.165, 1.54) is 22.2 Å². The van der Waals surface area contributed by atoms with E-state index >= 15 is 0 Å². The molecule has 1 aromatic heterocycles. The zero-order valence-corrected chi connectivity index (χ0v) is 7.38. The van der Waals surface area contributed by atoms with E-state index in [1.54, 1.807) is 0 Å². The van der Waals surface area contributed by atoms with Crippen molar-refractivity contribution in [2.75, 3.05) is 0 Å². The average molecular weight is 169 g/mol. The lowest BCUT2D eigenvalue weighted by atomic mass is 10.0. The Labute approximate surface area is 77.1 Å².